The van der Waals surface area contributed by atoms with Crippen LogP contribution < -0.4 is 15.4 Å². The second-order valence-electron chi connectivity index (χ2n) is 7.14. The van der Waals surface area contributed by atoms with Gasteiger partial charge in [-0.3, -0.25) is 19.3 Å². The average molecular weight is 431 g/mol. The lowest BCUT2D eigenvalue weighted by molar-refractivity contribution is -0.137. The van der Waals surface area contributed by atoms with E-state index in [-0.39, 0.29) is 23.7 Å². The van der Waals surface area contributed by atoms with Gasteiger partial charge >= 0.3 is 0 Å². The Morgan fingerprint density at radius 2 is 1.66 bits per heavy atom. The first-order chi connectivity index (χ1) is 15.5. The molecule has 3 amide bonds. The second-order valence-corrected chi connectivity index (χ2v) is 7.14. The van der Waals surface area contributed by atoms with Crippen molar-refractivity contribution in [3.63, 3.8) is 0 Å². The SMILES string of the molecule is COc1ccc(NC2=C(c3ccc(NC(C)=O)cc3)C(=O)N(Cc3ccco3)C2=O)cc1. The molecule has 0 spiro atoms. The van der Waals surface area contributed by atoms with Gasteiger partial charge < -0.3 is 19.8 Å². The molecular formula is C24H21N3O5. The van der Waals surface area contributed by atoms with E-state index >= 15 is 0 Å². The number of amides is 3. The Balaban J connectivity index is 1.70. The van der Waals surface area contributed by atoms with Crippen molar-refractivity contribution >= 4 is 34.7 Å². The van der Waals surface area contributed by atoms with E-state index in [1.54, 1.807) is 67.8 Å². The Bertz CT molecular complexity index is 1180. The molecule has 32 heavy (non-hydrogen) atoms. The quantitative estimate of drug-likeness (QED) is 0.554. The second kappa shape index (κ2) is 8.81. The van der Waals surface area contributed by atoms with Crippen LogP contribution in [-0.2, 0) is 20.9 Å². The Labute approximate surface area is 184 Å². The number of carbonyl (C=O) groups excluding carboxylic acids is 3. The number of rotatable bonds is 7. The van der Waals surface area contributed by atoms with E-state index in [4.69, 9.17) is 9.15 Å². The average Bonchev–Trinajstić information content (AvgIpc) is 3.38. The molecule has 0 bridgehead atoms. The van der Waals surface area contributed by atoms with Gasteiger partial charge in [-0.1, -0.05) is 12.1 Å². The molecule has 2 aromatic carbocycles. The highest BCUT2D eigenvalue weighted by atomic mass is 16.5. The highest BCUT2D eigenvalue weighted by Gasteiger charge is 2.39. The number of nitrogens with one attached hydrogen (secondary N) is 2. The number of methoxy groups -OCH3 is 1. The minimum atomic E-state index is -0.455. The van der Waals surface area contributed by atoms with Gasteiger partial charge in [0.05, 0.1) is 25.5 Å². The minimum Gasteiger partial charge on any atom is -0.497 e. The van der Waals surface area contributed by atoms with E-state index in [0.717, 1.165) is 4.90 Å². The molecule has 8 nitrogen and oxygen atoms in total. The third-order valence-electron chi connectivity index (χ3n) is 4.92. The van der Waals surface area contributed by atoms with E-state index in [1.165, 1.54) is 13.2 Å². The molecule has 1 aliphatic rings. The van der Waals surface area contributed by atoms with Crippen molar-refractivity contribution in [2.75, 3.05) is 17.7 Å². The van der Waals surface area contributed by atoms with Crippen LogP contribution in [0, 0.1) is 0 Å². The van der Waals surface area contributed by atoms with Crippen molar-refractivity contribution in [2.45, 2.75) is 13.5 Å². The van der Waals surface area contributed by atoms with Gasteiger partial charge in [0.1, 0.15) is 17.2 Å². The predicted octanol–water partition coefficient (Wildman–Crippen LogP) is 3.64. The van der Waals surface area contributed by atoms with Crippen LogP contribution in [0.5, 0.6) is 5.75 Å². The van der Waals surface area contributed by atoms with Gasteiger partial charge in [0.25, 0.3) is 11.8 Å². The van der Waals surface area contributed by atoms with E-state index in [9.17, 15) is 14.4 Å². The molecule has 162 valence electrons. The van der Waals surface area contributed by atoms with Crippen LogP contribution in [0.3, 0.4) is 0 Å². The maximum Gasteiger partial charge on any atom is 0.278 e. The summed E-state index contributed by atoms with van der Waals surface area (Å²) in [7, 11) is 1.57. The van der Waals surface area contributed by atoms with Gasteiger partial charge in [0, 0.05) is 18.3 Å². The summed E-state index contributed by atoms with van der Waals surface area (Å²) in [5.74, 6) is 0.0813. The molecule has 1 aliphatic heterocycles. The number of ether oxygens (including phenoxy) is 1. The third-order valence-corrected chi connectivity index (χ3v) is 4.92. The molecule has 0 radical (unpaired) electrons. The Morgan fingerprint density at radius 3 is 2.25 bits per heavy atom. The first-order valence-electron chi connectivity index (χ1n) is 9.88. The van der Waals surface area contributed by atoms with Crippen molar-refractivity contribution in [1.82, 2.24) is 4.90 Å². The van der Waals surface area contributed by atoms with Crippen LogP contribution in [0.4, 0.5) is 11.4 Å². The highest BCUT2D eigenvalue weighted by Crippen LogP contribution is 2.32. The van der Waals surface area contributed by atoms with Crippen LogP contribution in [-0.4, -0.2) is 29.7 Å². The van der Waals surface area contributed by atoms with Crippen molar-refractivity contribution in [2.24, 2.45) is 0 Å². The Hall–Kier alpha value is -4.33. The van der Waals surface area contributed by atoms with E-state index in [1.807, 2.05) is 0 Å². The summed E-state index contributed by atoms with van der Waals surface area (Å²) in [5.41, 5.74) is 2.19. The molecular weight excluding hydrogens is 410 g/mol. The molecule has 1 aromatic heterocycles. The zero-order valence-electron chi connectivity index (χ0n) is 17.5. The van der Waals surface area contributed by atoms with E-state index in [2.05, 4.69) is 10.6 Å². The molecule has 0 atom stereocenters. The first-order valence-corrected chi connectivity index (χ1v) is 9.88. The lowest BCUT2D eigenvalue weighted by Gasteiger charge is -2.13. The van der Waals surface area contributed by atoms with E-state index < -0.39 is 11.8 Å². The summed E-state index contributed by atoms with van der Waals surface area (Å²) in [6, 6.07) is 17.2. The van der Waals surface area contributed by atoms with Gasteiger partial charge in [-0.05, 0) is 54.1 Å². The number of benzene rings is 2. The fourth-order valence-electron chi connectivity index (χ4n) is 3.40. The topological polar surface area (TPSA) is 101 Å². The summed E-state index contributed by atoms with van der Waals surface area (Å²) in [5, 5.41) is 5.77. The fraction of sp³-hybridized carbons (Fsp3) is 0.125. The number of imide groups is 1. The standard InChI is InChI=1S/C24H21N3O5/c1-15(28)25-17-7-5-16(6-8-17)21-22(26-18-9-11-19(31-2)12-10-18)24(30)27(23(21)29)14-20-4-3-13-32-20/h3-13,26H,14H2,1-2H3,(H,25,28). The summed E-state index contributed by atoms with van der Waals surface area (Å²) in [4.78, 5) is 38.9. The minimum absolute atomic E-state index is 0.0198. The monoisotopic (exact) mass is 431 g/mol. The van der Waals surface area contributed by atoms with Crippen molar-refractivity contribution in [3.05, 3.63) is 83.9 Å². The molecule has 2 N–H and O–H groups in total. The normalized spacial score (nSPS) is 13.5. The summed E-state index contributed by atoms with van der Waals surface area (Å²) in [6.07, 6.45) is 1.49. The molecule has 4 rings (SSSR count). The van der Waals surface area contributed by atoms with Crippen LogP contribution >= 0.6 is 0 Å². The summed E-state index contributed by atoms with van der Waals surface area (Å²) in [6.45, 7) is 1.44. The molecule has 0 aliphatic carbocycles. The van der Waals surface area contributed by atoms with Crippen molar-refractivity contribution in [3.8, 4) is 5.75 Å². The number of anilines is 2. The predicted molar refractivity (Wildman–Crippen MR) is 119 cm³/mol. The van der Waals surface area contributed by atoms with Crippen LogP contribution in [0.1, 0.15) is 18.2 Å². The third kappa shape index (κ3) is 4.24. The van der Waals surface area contributed by atoms with Gasteiger partial charge in [0.15, 0.2) is 0 Å². The summed E-state index contributed by atoms with van der Waals surface area (Å²) >= 11 is 0. The van der Waals surface area contributed by atoms with Crippen molar-refractivity contribution < 1.29 is 23.5 Å². The Morgan fingerprint density at radius 1 is 0.969 bits per heavy atom. The summed E-state index contributed by atoms with van der Waals surface area (Å²) < 4.78 is 10.5. The lowest BCUT2D eigenvalue weighted by atomic mass is 10.0. The lowest BCUT2D eigenvalue weighted by Crippen LogP contribution is -2.31. The molecule has 2 heterocycles. The number of hydrogen-bond donors (Lipinski definition) is 2. The van der Waals surface area contributed by atoms with Crippen LogP contribution in [0.25, 0.3) is 5.57 Å². The number of furan rings is 1. The van der Waals surface area contributed by atoms with Crippen LogP contribution in [0.15, 0.2) is 77.0 Å². The van der Waals surface area contributed by atoms with E-state index in [0.29, 0.717) is 28.4 Å². The number of hydrogen-bond acceptors (Lipinski definition) is 6. The largest absolute Gasteiger partial charge is 0.497 e. The molecule has 0 unspecified atom stereocenters. The van der Waals surface area contributed by atoms with Gasteiger partial charge in [-0.2, -0.15) is 0 Å². The fourth-order valence-corrected chi connectivity index (χ4v) is 3.40. The van der Waals surface area contributed by atoms with Gasteiger partial charge in [-0.25, -0.2) is 0 Å². The zero-order valence-corrected chi connectivity index (χ0v) is 17.5. The van der Waals surface area contributed by atoms with Gasteiger partial charge in [0.2, 0.25) is 5.91 Å². The maximum atomic E-state index is 13.3. The molecule has 0 saturated carbocycles. The number of carbonyl (C=O) groups is 3. The molecule has 0 fully saturated rings. The highest BCUT2D eigenvalue weighted by molar-refractivity contribution is 6.36. The first kappa shape index (κ1) is 20.9. The number of nitrogens with zero attached hydrogens (tertiary/aromatic N) is 1. The van der Waals surface area contributed by atoms with Crippen LogP contribution in [0.2, 0.25) is 0 Å². The van der Waals surface area contributed by atoms with Gasteiger partial charge in [-0.15, -0.1) is 0 Å². The zero-order chi connectivity index (χ0) is 22.7. The molecule has 3 aromatic rings. The molecule has 0 saturated heterocycles. The smallest absolute Gasteiger partial charge is 0.278 e. The van der Waals surface area contributed by atoms with Crippen molar-refractivity contribution in [1.29, 1.82) is 0 Å². The Kier molecular flexibility index (Phi) is 5.76. The molecule has 8 heteroatoms. The maximum absolute atomic E-state index is 13.3.